The molecule has 0 saturated carbocycles. The van der Waals surface area contributed by atoms with Crippen LogP contribution in [0.15, 0.2) is 33.9 Å². The number of rotatable bonds is 6. The van der Waals surface area contributed by atoms with Crippen LogP contribution in [0.4, 0.5) is 0 Å². The van der Waals surface area contributed by atoms with Gasteiger partial charge in [-0.3, -0.25) is 4.79 Å². The minimum atomic E-state index is 0.0836. The van der Waals surface area contributed by atoms with E-state index in [0.717, 1.165) is 11.1 Å². The normalized spacial score (nSPS) is 10.6. The highest BCUT2D eigenvalue weighted by molar-refractivity contribution is 7.99. The van der Waals surface area contributed by atoms with E-state index in [-0.39, 0.29) is 5.91 Å². The van der Waals surface area contributed by atoms with Crippen molar-refractivity contribution in [1.82, 2.24) is 15.1 Å². The molecule has 2 rings (SSSR count). The molecule has 112 valence electrons. The van der Waals surface area contributed by atoms with E-state index in [1.54, 1.807) is 4.90 Å². The summed E-state index contributed by atoms with van der Waals surface area (Å²) in [6.07, 6.45) is 0. The number of aromatic nitrogens is 2. The fourth-order valence-corrected chi connectivity index (χ4v) is 2.62. The molecule has 0 bridgehead atoms. The van der Waals surface area contributed by atoms with Crippen LogP contribution >= 0.6 is 11.8 Å². The third-order valence-electron chi connectivity index (χ3n) is 3.11. The van der Waals surface area contributed by atoms with Gasteiger partial charge in [-0.15, -0.1) is 10.2 Å². The number of nitrogens with zero attached hydrogens (tertiary/aromatic N) is 3. The predicted octanol–water partition coefficient (Wildman–Crippen LogP) is 3.01. The molecule has 0 atom stereocenters. The molecular formula is C15H19N3O2S. The third kappa shape index (κ3) is 4.07. The summed E-state index contributed by atoms with van der Waals surface area (Å²) < 4.78 is 5.59. The minimum Gasteiger partial charge on any atom is -0.411 e. The number of hydrogen-bond donors (Lipinski definition) is 0. The Balaban J connectivity index is 1.99. The lowest BCUT2D eigenvalue weighted by atomic mass is 10.1. The molecule has 0 saturated heterocycles. The fourth-order valence-electron chi connectivity index (χ4n) is 1.95. The number of aryl methyl sites for hydroxylation is 1. The molecule has 1 heterocycles. The predicted molar refractivity (Wildman–Crippen MR) is 83.1 cm³/mol. The van der Waals surface area contributed by atoms with Crippen LogP contribution in [0, 0.1) is 6.92 Å². The molecule has 0 radical (unpaired) electrons. The van der Waals surface area contributed by atoms with Crippen LogP contribution in [-0.4, -0.2) is 39.8 Å². The molecule has 1 amide bonds. The summed E-state index contributed by atoms with van der Waals surface area (Å²) in [5, 5.41) is 8.43. The molecule has 0 aliphatic heterocycles. The van der Waals surface area contributed by atoms with E-state index in [0.29, 0.717) is 30.0 Å². The topological polar surface area (TPSA) is 59.2 Å². The molecule has 1 aromatic carbocycles. The lowest BCUT2D eigenvalue weighted by Crippen LogP contribution is -2.31. The van der Waals surface area contributed by atoms with Crippen molar-refractivity contribution in [3.8, 4) is 11.5 Å². The van der Waals surface area contributed by atoms with Crippen LogP contribution in [0.5, 0.6) is 0 Å². The molecule has 5 nitrogen and oxygen atoms in total. The summed E-state index contributed by atoms with van der Waals surface area (Å²) in [7, 11) is 0. The van der Waals surface area contributed by atoms with Crippen LogP contribution in [0.1, 0.15) is 19.4 Å². The number of hydrogen-bond acceptors (Lipinski definition) is 5. The smallest absolute Gasteiger partial charge is 0.277 e. The zero-order valence-corrected chi connectivity index (χ0v) is 13.3. The van der Waals surface area contributed by atoms with Crippen molar-refractivity contribution in [2.45, 2.75) is 26.0 Å². The highest BCUT2D eigenvalue weighted by atomic mass is 32.2. The maximum atomic E-state index is 11.9. The Morgan fingerprint density at radius 3 is 2.71 bits per heavy atom. The first-order valence-corrected chi connectivity index (χ1v) is 7.93. The van der Waals surface area contributed by atoms with Crippen molar-refractivity contribution in [3.63, 3.8) is 0 Å². The van der Waals surface area contributed by atoms with Crippen molar-refractivity contribution in [2.75, 3.05) is 18.8 Å². The molecule has 0 N–H and O–H groups in total. The van der Waals surface area contributed by atoms with E-state index in [2.05, 4.69) is 10.2 Å². The Hall–Kier alpha value is -1.82. The van der Waals surface area contributed by atoms with Gasteiger partial charge in [0.05, 0.1) is 5.75 Å². The Morgan fingerprint density at radius 1 is 1.29 bits per heavy atom. The third-order valence-corrected chi connectivity index (χ3v) is 3.91. The van der Waals surface area contributed by atoms with Gasteiger partial charge in [0.25, 0.3) is 5.22 Å². The molecule has 2 aromatic rings. The van der Waals surface area contributed by atoms with Crippen LogP contribution in [-0.2, 0) is 4.79 Å². The Bertz CT molecular complexity index is 608. The van der Waals surface area contributed by atoms with Crippen molar-refractivity contribution in [1.29, 1.82) is 0 Å². The van der Waals surface area contributed by atoms with Gasteiger partial charge in [0, 0.05) is 18.7 Å². The number of thioether (sulfide) groups is 1. The van der Waals surface area contributed by atoms with Gasteiger partial charge >= 0.3 is 0 Å². The first-order valence-electron chi connectivity index (χ1n) is 6.95. The first kappa shape index (κ1) is 15.6. The Labute approximate surface area is 128 Å². The van der Waals surface area contributed by atoms with Gasteiger partial charge in [-0.25, -0.2) is 0 Å². The average molecular weight is 305 g/mol. The SMILES string of the molecule is CCN(CC)C(=O)CSc1nnc(-c2cccc(C)c2)o1. The Kier molecular flexibility index (Phi) is 5.38. The van der Waals surface area contributed by atoms with E-state index in [1.807, 2.05) is 45.0 Å². The highest BCUT2D eigenvalue weighted by Gasteiger charge is 2.14. The van der Waals surface area contributed by atoms with Crippen molar-refractivity contribution < 1.29 is 9.21 Å². The second kappa shape index (κ2) is 7.26. The minimum absolute atomic E-state index is 0.0836. The molecular weight excluding hydrogens is 286 g/mol. The van der Waals surface area contributed by atoms with E-state index in [1.165, 1.54) is 11.8 Å². The molecule has 0 spiro atoms. The molecule has 0 aliphatic rings. The summed E-state index contributed by atoms with van der Waals surface area (Å²) in [5.74, 6) is 0.883. The number of carbonyl (C=O) groups excluding carboxylic acids is 1. The quantitative estimate of drug-likeness (QED) is 0.768. The van der Waals surface area contributed by atoms with Gasteiger partial charge in [0.15, 0.2) is 0 Å². The molecule has 0 fully saturated rings. The molecule has 1 aromatic heterocycles. The average Bonchev–Trinajstić information content (AvgIpc) is 2.95. The molecule has 0 aliphatic carbocycles. The van der Waals surface area contributed by atoms with Crippen LogP contribution in [0.3, 0.4) is 0 Å². The van der Waals surface area contributed by atoms with Crippen molar-refractivity contribution in [2.24, 2.45) is 0 Å². The second-order valence-corrected chi connectivity index (χ2v) is 5.52. The van der Waals surface area contributed by atoms with Gasteiger partial charge in [-0.2, -0.15) is 0 Å². The second-order valence-electron chi connectivity index (χ2n) is 4.60. The maximum Gasteiger partial charge on any atom is 0.277 e. The molecule has 0 unspecified atom stereocenters. The summed E-state index contributed by atoms with van der Waals surface area (Å²) >= 11 is 1.28. The summed E-state index contributed by atoms with van der Waals surface area (Å²) in [6, 6.07) is 7.88. The maximum absolute atomic E-state index is 11.9. The summed E-state index contributed by atoms with van der Waals surface area (Å²) in [6.45, 7) is 7.38. The lowest BCUT2D eigenvalue weighted by molar-refractivity contribution is -0.127. The van der Waals surface area contributed by atoms with Crippen LogP contribution < -0.4 is 0 Å². The van der Waals surface area contributed by atoms with Gasteiger partial charge in [0.1, 0.15) is 0 Å². The zero-order chi connectivity index (χ0) is 15.2. The van der Waals surface area contributed by atoms with Crippen molar-refractivity contribution in [3.05, 3.63) is 29.8 Å². The monoisotopic (exact) mass is 305 g/mol. The van der Waals surface area contributed by atoms with Gasteiger partial charge in [-0.05, 0) is 32.9 Å². The standard InChI is InChI=1S/C15H19N3O2S/c1-4-18(5-2)13(19)10-21-15-17-16-14(20-15)12-8-6-7-11(3)9-12/h6-9H,4-5,10H2,1-3H3. The first-order chi connectivity index (χ1) is 10.1. The van der Waals surface area contributed by atoms with Gasteiger partial charge in [-0.1, -0.05) is 29.5 Å². The van der Waals surface area contributed by atoms with Gasteiger partial charge < -0.3 is 9.32 Å². The van der Waals surface area contributed by atoms with Crippen molar-refractivity contribution >= 4 is 17.7 Å². The lowest BCUT2D eigenvalue weighted by Gasteiger charge is -2.17. The van der Waals surface area contributed by atoms with Crippen LogP contribution in [0.25, 0.3) is 11.5 Å². The highest BCUT2D eigenvalue weighted by Crippen LogP contribution is 2.23. The summed E-state index contributed by atoms with van der Waals surface area (Å²) in [4.78, 5) is 13.7. The summed E-state index contributed by atoms with van der Waals surface area (Å²) in [5.41, 5.74) is 2.03. The number of amides is 1. The number of carbonyl (C=O) groups is 1. The molecule has 6 heteroatoms. The zero-order valence-electron chi connectivity index (χ0n) is 12.5. The van der Waals surface area contributed by atoms with E-state index in [9.17, 15) is 4.79 Å². The Morgan fingerprint density at radius 2 is 2.05 bits per heavy atom. The van der Waals surface area contributed by atoms with E-state index in [4.69, 9.17) is 4.42 Å². The largest absolute Gasteiger partial charge is 0.411 e. The van der Waals surface area contributed by atoms with E-state index < -0.39 is 0 Å². The fraction of sp³-hybridized carbons (Fsp3) is 0.400. The van der Waals surface area contributed by atoms with Gasteiger partial charge in [0.2, 0.25) is 11.8 Å². The van der Waals surface area contributed by atoms with Crippen LogP contribution in [0.2, 0.25) is 0 Å². The van der Waals surface area contributed by atoms with E-state index >= 15 is 0 Å². The molecule has 21 heavy (non-hydrogen) atoms. The number of benzene rings is 1.